The molecule has 0 amide bonds. The standard InChI is InChI=1S/C21H25N3O3/c1-15(26-20-11-7-6-10-19(20)25-3)13-23-21(22-2)24-14-17-12-16-8-4-5-9-18(16)27-17/h4-12,15H,13-14H2,1-3H3,(H2,22,23,24). The topological polar surface area (TPSA) is 68.0 Å². The Morgan fingerprint density at radius 3 is 2.56 bits per heavy atom. The summed E-state index contributed by atoms with van der Waals surface area (Å²) < 4.78 is 17.1. The quantitative estimate of drug-likeness (QED) is 0.494. The summed E-state index contributed by atoms with van der Waals surface area (Å²) in [6.45, 7) is 3.14. The minimum atomic E-state index is -0.0638. The van der Waals surface area contributed by atoms with Crippen LogP contribution >= 0.6 is 0 Å². The predicted octanol–water partition coefficient (Wildman–Crippen LogP) is 3.57. The van der Waals surface area contributed by atoms with Gasteiger partial charge in [0.1, 0.15) is 17.4 Å². The summed E-state index contributed by atoms with van der Waals surface area (Å²) in [5, 5.41) is 7.61. The van der Waals surface area contributed by atoms with Gasteiger partial charge in [-0.3, -0.25) is 4.99 Å². The molecular formula is C21H25N3O3. The van der Waals surface area contributed by atoms with Crippen LogP contribution in [0.25, 0.3) is 11.0 Å². The first-order valence-corrected chi connectivity index (χ1v) is 8.91. The van der Waals surface area contributed by atoms with Gasteiger partial charge in [0.05, 0.1) is 20.2 Å². The van der Waals surface area contributed by atoms with Gasteiger partial charge in [0.15, 0.2) is 17.5 Å². The Labute approximate surface area is 159 Å². The fourth-order valence-electron chi connectivity index (χ4n) is 2.73. The first kappa shape index (κ1) is 18.6. The van der Waals surface area contributed by atoms with Crippen molar-refractivity contribution >= 4 is 16.9 Å². The van der Waals surface area contributed by atoms with Gasteiger partial charge in [0, 0.05) is 12.4 Å². The van der Waals surface area contributed by atoms with Crippen LogP contribution in [-0.4, -0.2) is 32.8 Å². The fraction of sp³-hybridized carbons (Fsp3) is 0.286. The monoisotopic (exact) mass is 367 g/mol. The second kappa shape index (κ2) is 8.98. The number of furan rings is 1. The highest BCUT2D eigenvalue weighted by Gasteiger charge is 2.10. The highest BCUT2D eigenvalue weighted by atomic mass is 16.5. The maximum absolute atomic E-state index is 5.95. The minimum absolute atomic E-state index is 0.0638. The summed E-state index contributed by atoms with van der Waals surface area (Å²) in [7, 11) is 3.37. The van der Waals surface area contributed by atoms with Gasteiger partial charge in [0.25, 0.3) is 0 Å². The zero-order valence-electron chi connectivity index (χ0n) is 15.9. The van der Waals surface area contributed by atoms with E-state index in [0.29, 0.717) is 19.0 Å². The number of aliphatic imine (C=N–C) groups is 1. The number of para-hydroxylation sites is 3. The molecule has 0 saturated carbocycles. The van der Waals surface area contributed by atoms with E-state index in [-0.39, 0.29) is 6.10 Å². The van der Waals surface area contributed by atoms with Crippen molar-refractivity contribution in [3.63, 3.8) is 0 Å². The molecule has 0 radical (unpaired) electrons. The third-order valence-electron chi connectivity index (χ3n) is 4.08. The van der Waals surface area contributed by atoms with E-state index in [1.54, 1.807) is 14.2 Å². The van der Waals surface area contributed by atoms with Crippen molar-refractivity contribution in [2.24, 2.45) is 4.99 Å². The van der Waals surface area contributed by atoms with Crippen molar-refractivity contribution in [3.8, 4) is 11.5 Å². The number of hydrogen-bond acceptors (Lipinski definition) is 4. The molecule has 2 N–H and O–H groups in total. The lowest BCUT2D eigenvalue weighted by Gasteiger charge is -2.18. The van der Waals surface area contributed by atoms with Gasteiger partial charge < -0.3 is 24.5 Å². The number of benzene rings is 2. The molecule has 0 aliphatic carbocycles. The van der Waals surface area contributed by atoms with E-state index in [0.717, 1.165) is 28.2 Å². The Morgan fingerprint density at radius 1 is 1.07 bits per heavy atom. The van der Waals surface area contributed by atoms with Crippen molar-refractivity contribution < 1.29 is 13.9 Å². The molecule has 1 atom stereocenters. The molecule has 0 saturated heterocycles. The van der Waals surface area contributed by atoms with Crippen LogP contribution in [0.5, 0.6) is 11.5 Å². The summed E-state index contributed by atoms with van der Waals surface area (Å²) in [6, 6.07) is 17.6. The van der Waals surface area contributed by atoms with E-state index in [4.69, 9.17) is 13.9 Å². The molecule has 1 heterocycles. The molecule has 0 aliphatic rings. The van der Waals surface area contributed by atoms with Crippen LogP contribution in [0.2, 0.25) is 0 Å². The number of guanidine groups is 1. The van der Waals surface area contributed by atoms with Crippen LogP contribution in [0.4, 0.5) is 0 Å². The molecule has 6 nitrogen and oxygen atoms in total. The Morgan fingerprint density at radius 2 is 1.81 bits per heavy atom. The third-order valence-corrected chi connectivity index (χ3v) is 4.08. The SMILES string of the molecule is CN=C(NCc1cc2ccccc2o1)NCC(C)Oc1ccccc1OC. The lowest BCUT2D eigenvalue weighted by molar-refractivity contribution is 0.213. The second-order valence-corrected chi connectivity index (χ2v) is 6.14. The number of rotatable bonds is 7. The van der Waals surface area contributed by atoms with Crippen molar-refractivity contribution in [1.29, 1.82) is 0 Å². The first-order chi connectivity index (χ1) is 13.2. The number of hydrogen-bond donors (Lipinski definition) is 2. The van der Waals surface area contributed by atoms with Gasteiger partial charge in [-0.05, 0) is 31.2 Å². The summed E-state index contributed by atoms with van der Waals surface area (Å²) in [5.41, 5.74) is 0.885. The number of methoxy groups -OCH3 is 1. The van der Waals surface area contributed by atoms with Gasteiger partial charge in [-0.2, -0.15) is 0 Å². The molecule has 3 aromatic rings. The normalized spacial score (nSPS) is 12.6. The maximum Gasteiger partial charge on any atom is 0.191 e. The maximum atomic E-state index is 5.95. The Hall–Kier alpha value is -3.15. The largest absolute Gasteiger partial charge is 0.493 e. The number of fused-ring (bicyclic) bond motifs is 1. The van der Waals surface area contributed by atoms with Crippen LogP contribution in [0.1, 0.15) is 12.7 Å². The predicted molar refractivity (Wildman–Crippen MR) is 107 cm³/mol. The van der Waals surface area contributed by atoms with Crippen LogP contribution in [0.3, 0.4) is 0 Å². The number of nitrogens with zero attached hydrogens (tertiary/aromatic N) is 1. The molecule has 0 fully saturated rings. The molecule has 6 heteroatoms. The molecule has 27 heavy (non-hydrogen) atoms. The molecule has 1 unspecified atom stereocenters. The third kappa shape index (κ3) is 4.94. The zero-order chi connectivity index (χ0) is 19.1. The highest BCUT2D eigenvalue weighted by Crippen LogP contribution is 2.26. The van der Waals surface area contributed by atoms with Crippen LogP contribution in [0.15, 0.2) is 64.0 Å². The van der Waals surface area contributed by atoms with E-state index in [9.17, 15) is 0 Å². The molecule has 0 bridgehead atoms. The Balaban J connectivity index is 1.49. The molecule has 2 aromatic carbocycles. The average Bonchev–Trinajstić information content (AvgIpc) is 3.11. The fourth-order valence-corrected chi connectivity index (χ4v) is 2.73. The van der Waals surface area contributed by atoms with Gasteiger partial charge in [0.2, 0.25) is 0 Å². The summed E-state index contributed by atoms with van der Waals surface area (Å²) in [5.74, 6) is 2.99. The van der Waals surface area contributed by atoms with Crippen LogP contribution in [0, 0.1) is 0 Å². The second-order valence-electron chi connectivity index (χ2n) is 6.14. The Bertz CT molecular complexity index is 871. The first-order valence-electron chi connectivity index (χ1n) is 8.91. The lowest BCUT2D eigenvalue weighted by Crippen LogP contribution is -2.41. The van der Waals surface area contributed by atoms with Crippen LogP contribution in [-0.2, 0) is 6.54 Å². The Kier molecular flexibility index (Phi) is 6.20. The molecule has 0 aliphatic heterocycles. The van der Waals surface area contributed by atoms with Crippen molar-refractivity contribution in [2.75, 3.05) is 20.7 Å². The summed E-state index contributed by atoms with van der Waals surface area (Å²) in [4.78, 5) is 4.24. The molecule has 1 aromatic heterocycles. The van der Waals surface area contributed by atoms with E-state index >= 15 is 0 Å². The van der Waals surface area contributed by atoms with Crippen LogP contribution < -0.4 is 20.1 Å². The minimum Gasteiger partial charge on any atom is -0.493 e. The summed E-state index contributed by atoms with van der Waals surface area (Å²) in [6.07, 6.45) is -0.0638. The van der Waals surface area contributed by atoms with Gasteiger partial charge in [-0.25, -0.2) is 0 Å². The highest BCUT2D eigenvalue weighted by molar-refractivity contribution is 5.80. The van der Waals surface area contributed by atoms with E-state index in [1.165, 1.54) is 0 Å². The smallest absolute Gasteiger partial charge is 0.191 e. The zero-order valence-corrected chi connectivity index (χ0v) is 15.9. The molecule has 3 rings (SSSR count). The van der Waals surface area contributed by atoms with Gasteiger partial charge in [-0.15, -0.1) is 0 Å². The molecular weight excluding hydrogens is 342 g/mol. The van der Waals surface area contributed by atoms with Crippen molar-refractivity contribution in [1.82, 2.24) is 10.6 Å². The van der Waals surface area contributed by atoms with Gasteiger partial charge >= 0.3 is 0 Å². The number of nitrogens with one attached hydrogen (secondary N) is 2. The van der Waals surface area contributed by atoms with E-state index in [2.05, 4.69) is 15.6 Å². The molecule has 0 spiro atoms. The van der Waals surface area contributed by atoms with Gasteiger partial charge in [-0.1, -0.05) is 30.3 Å². The number of ether oxygens (including phenoxy) is 2. The summed E-state index contributed by atoms with van der Waals surface area (Å²) >= 11 is 0. The van der Waals surface area contributed by atoms with E-state index < -0.39 is 0 Å². The van der Waals surface area contributed by atoms with Crippen molar-refractivity contribution in [2.45, 2.75) is 19.6 Å². The average molecular weight is 367 g/mol. The van der Waals surface area contributed by atoms with E-state index in [1.807, 2.05) is 61.5 Å². The molecule has 142 valence electrons. The van der Waals surface area contributed by atoms with Crippen molar-refractivity contribution in [3.05, 3.63) is 60.4 Å². The lowest BCUT2D eigenvalue weighted by atomic mass is 10.2.